The van der Waals surface area contributed by atoms with Crippen LogP contribution in [-0.2, 0) is 16.0 Å². The average molecular weight is 393 g/mol. The highest BCUT2D eigenvalue weighted by atomic mass is 32.2. The minimum atomic E-state index is -4.96. The lowest BCUT2D eigenvalue weighted by atomic mass is 10.2. The first-order valence-corrected chi connectivity index (χ1v) is 8.98. The molecule has 0 unspecified atom stereocenters. The molecule has 0 spiro atoms. The Morgan fingerprint density at radius 2 is 1.77 bits per heavy atom. The van der Waals surface area contributed by atoms with Crippen LogP contribution in [0.1, 0.15) is 19.4 Å². The number of rotatable bonds is 4. The number of carbonyl (C=O) groups is 1. The van der Waals surface area contributed by atoms with Gasteiger partial charge >= 0.3 is 12.2 Å². The summed E-state index contributed by atoms with van der Waals surface area (Å²) < 4.78 is 78.9. The van der Waals surface area contributed by atoms with Crippen molar-refractivity contribution in [3.8, 4) is 0 Å². The second kappa shape index (κ2) is 7.06. The van der Waals surface area contributed by atoms with Crippen LogP contribution in [0.25, 0.3) is 0 Å². The van der Waals surface area contributed by atoms with E-state index >= 15 is 0 Å². The molecule has 142 valence electrons. The lowest BCUT2D eigenvalue weighted by Gasteiger charge is -2.17. The summed E-state index contributed by atoms with van der Waals surface area (Å²) in [5.74, 6) is -1.41. The number of aromatic nitrogens is 2. The van der Waals surface area contributed by atoms with Gasteiger partial charge in [0, 0.05) is 13.1 Å². The van der Waals surface area contributed by atoms with E-state index in [-0.39, 0.29) is 13.1 Å². The predicted molar refractivity (Wildman–Crippen MR) is 82.8 cm³/mol. The molecule has 0 saturated carbocycles. The van der Waals surface area contributed by atoms with Crippen molar-refractivity contribution in [2.45, 2.75) is 29.9 Å². The Labute approximate surface area is 146 Å². The molecule has 0 aliphatic heterocycles. The first kappa shape index (κ1) is 19.9. The maximum Gasteiger partial charge on any atom is 0.417 e. The summed E-state index contributed by atoms with van der Waals surface area (Å²) in [6.07, 6.45) is -4.43. The van der Waals surface area contributed by atoms with Crippen LogP contribution in [0.2, 0.25) is 0 Å². The number of nitrogens with zero attached hydrogens (tertiary/aromatic N) is 3. The van der Waals surface area contributed by atoms with Crippen molar-refractivity contribution in [2.24, 2.45) is 0 Å². The summed E-state index contributed by atoms with van der Waals surface area (Å²) in [6.45, 7) is 3.82. The Bertz CT molecular complexity index is 918. The topological polar surface area (TPSA) is 72.3 Å². The van der Waals surface area contributed by atoms with Crippen molar-refractivity contribution in [3.05, 3.63) is 41.8 Å². The predicted octanol–water partition coefficient (Wildman–Crippen LogP) is 3.18. The number of amides is 1. The monoisotopic (exact) mass is 393 g/mol. The van der Waals surface area contributed by atoms with Gasteiger partial charge in [0.25, 0.3) is 0 Å². The van der Waals surface area contributed by atoms with E-state index in [0.717, 1.165) is 12.1 Å². The summed E-state index contributed by atoms with van der Waals surface area (Å²) in [7, 11) is -4.93. The quantitative estimate of drug-likeness (QED) is 0.748. The first-order chi connectivity index (χ1) is 12.0. The highest BCUT2D eigenvalue weighted by Crippen LogP contribution is 2.36. The molecule has 0 aliphatic rings. The molecule has 1 heterocycles. The number of halogens is 4. The van der Waals surface area contributed by atoms with E-state index in [9.17, 15) is 30.8 Å². The van der Waals surface area contributed by atoms with Crippen molar-refractivity contribution in [2.75, 3.05) is 13.1 Å². The van der Waals surface area contributed by atoms with Gasteiger partial charge in [0.15, 0.2) is 5.82 Å². The SMILES string of the molecule is CCN(CC)C(=O)n1cc(F)c(S(=O)(=O)c2ccccc2C(F)(F)F)n1. The fourth-order valence-electron chi connectivity index (χ4n) is 2.30. The zero-order valence-electron chi connectivity index (χ0n) is 13.8. The van der Waals surface area contributed by atoms with Crippen LogP contribution in [0.15, 0.2) is 40.4 Å². The van der Waals surface area contributed by atoms with Gasteiger partial charge in [-0.2, -0.15) is 17.9 Å². The van der Waals surface area contributed by atoms with Gasteiger partial charge in [0.2, 0.25) is 14.9 Å². The highest BCUT2D eigenvalue weighted by molar-refractivity contribution is 7.91. The van der Waals surface area contributed by atoms with Crippen LogP contribution >= 0.6 is 0 Å². The van der Waals surface area contributed by atoms with Gasteiger partial charge in [-0.25, -0.2) is 17.6 Å². The number of alkyl halides is 3. The molecule has 0 N–H and O–H groups in total. The summed E-state index contributed by atoms with van der Waals surface area (Å²) in [5.41, 5.74) is -1.44. The summed E-state index contributed by atoms with van der Waals surface area (Å²) in [6, 6.07) is 2.59. The molecule has 0 atom stereocenters. The lowest BCUT2D eigenvalue weighted by Crippen LogP contribution is -2.34. The van der Waals surface area contributed by atoms with Crippen LogP contribution in [0.5, 0.6) is 0 Å². The molecule has 2 aromatic rings. The Morgan fingerprint density at radius 3 is 2.31 bits per heavy atom. The van der Waals surface area contributed by atoms with Gasteiger partial charge in [-0.15, -0.1) is 5.10 Å². The molecule has 0 bridgehead atoms. The Hall–Kier alpha value is -2.43. The molecule has 1 aromatic heterocycles. The molecular weight excluding hydrogens is 378 g/mol. The second-order valence-electron chi connectivity index (χ2n) is 5.18. The van der Waals surface area contributed by atoms with Crippen LogP contribution in [0, 0.1) is 5.82 Å². The van der Waals surface area contributed by atoms with E-state index in [4.69, 9.17) is 0 Å². The minimum Gasteiger partial charge on any atom is -0.323 e. The number of benzene rings is 1. The highest BCUT2D eigenvalue weighted by Gasteiger charge is 2.39. The fraction of sp³-hybridized carbons (Fsp3) is 0.333. The molecule has 0 fully saturated rings. The number of hydrogen-bond acceptors (Lipinski definition) is 4. The van der Waals surface area contributed by atoms with Crippen molar-refractivity contribution in [1.29, 1.82) is 0 Å². The molecule has 1 amide bonds. The van der Waals surface area contributed by atoms with Gasteiger partial charge in [0.05, 0.1) is 16.7 Å². The summed E-state index contributed by atoms with van der Waals surface area (Å²) >= 11 is 0. The molecule has 6 nitrogen and oxygen atoms in total. The molecule has 1 aromatic carbocycles. The Kier molecular flexibility index (Phi) is 5.40. The van der Waals surface area contributed by atoms with Crippen molar-refractivity contribution >= 4 is 15.9 Å². The van der Waals surface area contributed by atoms with Crippen molar-refractivity contribution in [1.82, 2.24) is 14.7 Å². The van der Waals surface area contributed by atoms with Gasteiger partial charge in [0.1, 0.15) is 0 Å². The molecule has 2 rings (SSSR count). The average Bonchev–Trinajstić information content (AvgIpc) is 2.97. The molecular formula is C15H15F4N3O3S. The maximum absolute atomic E-state index is 14.1. The molecule has 0 radical (unpaired) electrons. The Balaban J connectivity index is 2.58. The zero-order valence-corrected chi connectivity index (χ0v) is 14.6. The van der Waals surface area contributed by atoms with Crippen molar-refractivity contribution in [3.63, 3.8) is 0 Å². The van der Waals surface area contributed by atoms with E-state index in [1.54, 1.807) is 13.8 Å². The standard InChI is InChI=1S/C15H15F4N3O3S/c1-3-21(4-2)14(23)22-9-11(16)13(20-22)26(24,25)12-8-6-5-7-10(12)15(17,18)19/h5-9H,3-4H2,1-2H3. The number of carbonyl (C=O) groups excluding carboxylic acids is 1. The molecule has 0 saturated heterocycles. The van der Waals surface area contributed by atoms with Gasteiger partial charge in [-0.05, 0) is 26.0 Å². The first-order valence-electron chi connectivity index (χ1n) is 7.49. The normalized spacial score (nSPS) is 12.2. The summed E-state index contributed by atoms with van der Waals surface area (Å²) in [5, 5.41) is 2.15. The van der Waals surface area contributed by atoms with Gasteiger partial charge < -0.3 is 4.90 Å². The molecule has 26 heavy (non-hydrogen) atoms. The number of hydrogen-bond donors (Lipinski definition) is 0. The fourth-order valence-corrected chi connectivity index (χ4v) is 3.74. The zero-order chi connectivity index (χ0) is 19.7. The largest absolute Gasteiger partial charge is 0.417 e. The van der Waals surface area contributed by atoms with Crippen LogP contribution in [0.4, 0.5) is 22.4 Å². The van der Waals surface area contributed by atoms with E-state index in [2.05, 4.69) is 5.10 Å². The van der Waals surface area contributed by atoms with Gasteiger partial charge in [-0.3, -0.25) is 0 Å². The van der Waals surface area contributed by atoms with E-state index in [1.165, 1.54) is 4.90 Å². The van der Waals surface area contributed by atoms with Gasteiger partial charge in [-0.1, -0.05) is 12.1 Å². The lowest BCUT2D eigenvalue weighted by molar-refractivity contribution is -0.139. The van der Waals surface area contributed by atoms with E-state index in [1.807, 2.05) is 0 Å². The third-order valence-electron chi connectivity index (χ3n) is 3.60. The minimum absolute atomic E-state index is 0.260. The second-order valence-corrected chi connectivity index (χ2v) is 7.01. The van der Waals surface area contributed by atoms with Crippen LogP contribution in [-0.4, -0.2) is 42.2 Å². The molecule has 0 aliphatic carbocycles. The summed E-state index contributed by atoms with van der Waals surface area (Å²) in [4.78, 5) is 12.3. The maximum atomic E-state index is 14.1. The molecule has 11 heteroatoms. The van der Waals surface area contributed by atoms with Crippen LogP contribution in [0.3, 0.4) is 0 Å². The van der Waals surface area contributed by atoms with Crippen LogP contribution < -0.4 is 0 Å². The number of sulfone groups is 1. The Morgan fingerprint density at radius 1 is 1.19 bits per heavy atom. The van der Waals surface area contributed by atoms with E-state index < -0.39 is 43.3 Å². The van der Waals surface area contributed by atoms with Crippen molar-refractivity contribution < 1.29 is 30.8 Å². The smallest absolute Gasteiger partial charge is 0.323 e. The third-order valence-corrected chi connectivity index (χ3v) is 5.33. The van der Waals surface area contributed by atoms with E-state index in [0.29, 0.717) is 23.0 Å². The third kappa shape index (κ3) is 3.57.